The lowest BCUT2D eigenvalue weighted by molar-refractivity contribution is -0.112. The van der Waals surface area contributed by atoms with E-state index in [4.69, 9.17) is 0 Å². The highest BCUT2D eigenvalue weighted by Crippen LogP contribution is 2.27. The first kappa shape index (κ1) is 11.7. The second-order valence-corrected chi connectivity index (χ2v) is 5.11. The van der Waals surface area contributed by atoms with Crippen LogP contribution in [0, 0.1) is 6.92 Å². The van der Waals surface area contributed by atoms with Gasteiger partial charge in [-0.05, 0) is 24.5 Å². The molecule has 0 aliphatic carbocycles. The van der Waals surface area contributed by atoms with Crippen LogP contribution >= 0.6 is 12.6 Å². The van der Waals surface area contributed by atoms with Crippen LogP contribution in [0.3, 0.4) is 0 Å². The van der Waals surface area contributed by atoms with Gasteiger partial charge in [-0.25, -0.2) is 0 Å². The van der Waals surface area contributed by atoms with Gasteiger partial charge in [0.2, 0.25) is 0 Å². The number of aryl methyl sites for hydroxylation is 1. The van der Waals surface area contributed by atoms with Crippen molar-refractivity contribution >= 4 is 18.9 Å². The molecule has 86 valence electrons. The number of thiol groups is 1. The van der Waals surface area contributed by atoms with Crippen molar-refractivity contribution in [3.63, 3.8) is 0 Å². The van der Waals surface area contributed by atoms with Gasteiger partial charge in [-0.1, -0.05) is 24.3 Å². The zero-order valence-electron chi connectivity index (χ0n) is 9.47. The molecule has 0 aromatic heterocycles. The minimum Gasteiger partial charge on any atom is -0.301 e. The van der Waals surface area contributed by atoms with Gasteiger partial charge in [0.25, 0.3) is 0 Å². The van der Waals surface area contributed by atoms with Crippen molar-refractivity contribution in [2.45, 2.75) is 24.6 Å². The third kappa shape index (κ3) is 2.30. The molecule has 0 saturated carbocycles. The Bertz CT molecular complexity index is 380. The van der Waals surface area contributed by atoms with Crippen LogP contribution in [0.5, 0.6) is 0 Å². The Morgan fingerprint density at radius 2 is 2.25 bits per heavy atom. The standard InChI is InChI=1S/C13H17NOS/c1-10-4-2-3-5-12(10)13(9-15)14-7-6-11(16)8-14/h2-5,9,11,13,16H,6-8H2,1H3. The van der Waals surface area contributed by atoms with Crippen LogP contribution in [0.25, 0.3) is 0 Å². The minimum atomic E-state index is -0.0988. The topological polar surface area (TPSA) is 20.3 Å². The van der Waals surface area contributed by atoms with Crippen LogP contribution < -0.4 is 0 Å². The quantitative estimate of drug-likeness (QED) is 0.640. The predicted molar refractivity (Wildman–Crippen MR) is 68.9 cm³/mol. The zero-order valence-corrected chi connectivity index (χ0v) is 10.4. The summed E-state index contributed by atoms with van der Waals surface area (Å²) in [6, 6.07) is 8.00. The van der Waals surface area contributed by atoms with Gasteiger partial charge in [-0.15, -0.1) is 0 Å². The predicted octanol–water partition coefficient (Wildman–Crippen LogP) is 2.24. The summed E-state index contributed by atoms with van der Waals surface area (Å²) in [7, 11) is 0. The highest BCUT2D eigenvalue weighted by atomic mass is 32.1. The van der Waals surface area contributed by atoms with E-state index >= 15 is 0 Å². The molecule has 0 radical (unpaired) electrons. The maximum Gasteiger partial charge on any atom is 0.141 e. The number of aldehydes is 1. The maximum absolute atomic E-state index is 11.3. The van der Waals surface area contributed by atoms with Crippen LogP contribution in [0.2, 0.25) is 0 Å². The van der Waals surface area contributed by atoms with E-state index in [2.05, 4.69) is 30.5 Å². The second-order valence-electron chi connectivity index (χ2n) is 4.37. The van der Waals surface area contributed by atoms with E-state index < -0.39 is 0 Å². The van der Waals surface area contributed by atoms with Crippen molar-refractivity contribution in [3.8, 4) is 0 Å². The molecule has 1 aromatic rings. The molecule has 1 aliphatic heterocycles. The first-order chi connectivity index (χ1) is 7.72. The SMILES string of the molecule is Cc1ccccc1C(C=O)N1CCC(S)C1. The fourth-order valence-electron chi connectivity index (χ4n) is 2.30. The molecule has 0 N–H and O–H groups in total. The summed E-state index contributed by atoms with van der Waals surface area (Å²) in [6.45, 7) is 3.92. The van der Waals surface area contributed by atoms with Crippen LogP contribution in [0.1, 0.15) is 23.6 Å². The molecule has 3 heteroatoms. The molecule has 0 amide bonds. The number of carbonyl (C=O) groups excluding carboxylic acids is 1. The summed E-state index contributed by atoms with van der Waals surface area (Å²) < 4.78 is 0. The van der Waals surface area contributed by atoms with Crippen LogP contribution in [0.4, 0.5) is 0 Å². The average Bonchev–Trinajstić information content (AvgIpc) is 2.69. The molecule has 2 atom stereocenters. The van der Waals surface area contributed by atoms with E-state index in [0.29, 0.717) is 5.25 Å². The normalized spacial score (nSPS) is 23.2. The molecule has 1 heterocycles. The van der Waals surface area contributed by atoms with E-state index in [1.54, 1.807) is 0 Å². The maximum atomic E-state index is 11.3. The monoisotopic (exact) mass is 235 g/mol. The number of nitrogens with zero attached hydrogens (tertiary/aromatic N) is 1. The Kier molecular flexibility index (Phi) is 3.66. The van der Waals surface area contributed by atoms with Gasteiger partial charge in [0, 0.05) is 18.3 Å². The molecule has 1 fully saturated rings. The van der Waals surface area contributed by atoms with Crippen molar-refractivity contribution in [1.29, 1.82) is 0 Å². The number of carbonyl (C=O) groups is 1. The van der Waals surface area contributed by atoms with Gasteiger partial charge >= 0.3 is 0 Å². The van der Waals surface area contributed by atoms with E-state index in [1.165, 1.54) is 5.56 Å². The summed E-state index contributed by atoms with van der Waals surface area (Å²) in [5, 5.41) is 0.409. The Balaban J connectivity index is 2.23. The summed E-state index contributed by atoms with van der Waals surface area (Å²) >= 11 is 4.47. The smallest absolute Gasteiger partial charge is 0.141 e. The summed E-state index contributed by atoms with van der Waals surface area (Å²) in [6.07, 6.45) is 2.12. The average molecular weight is 235 g/mol. The molecule has 0 spiro atoms. The molecule has 1 saturated heterocycles. The Labute approximate surface area is 102 Å². The lowest BCUT2D eigenvalue weighted by Crippen LogP contribution is -2.28. The summed E-state index contributed by atoms with van der Waals surface area (Å²) in [4.78, 5) is 13.5. The third-order valence-electron chi connectivity index (χ3n) is 3.22. The van der Waals surface area contributed by atoms with E-state index in [1.807, 2.05) is 18.2 Å². The van der Waals surface area contributed by atoms with Crippen LogP contribution in [-0.2, 0) is 4.79 Å². The number of rotatable bonds is 3. The molecule has 1 aromatic carbocycles. The Morgan fingerprint density at radius 1 is 1.50 bits per heavy atom. The van der Waals surface area contributed by atoms with Gasteiger partial charge in [-0.2, -0.15) is 12.6 Å². The number of likely N-dealkylation sites (tertiary alicyclic amines) is 1. The van der Waals surface area contributed by atoms with E-state index in [0.717, 1.165) is 31.4 Å². The number of benzene rings is 1. The number of hydrogen-bond acceptors (Lipinski definition) is 3. The molecular formula is C13H17NOS. The number of hydrogen-bond donors (Lipinski definition) is 1. The lowest BCUT2D eigenvalue weighted by Gasteiger charge is -2.24. The van der Waals surface area contributed by atoms with Crippen molar-refractivity contribution in [3.05, 3.63) is 35.4 Å². The van der Waals surface area contributed by atoms with E-state index in [-0.39, 0.29) is 6.04 Å². The van der Waals surface area contributed by atoms with Crippen LogP contribution in [0.15, 0.2) is 24.3 Å². The van der Waals surface area contributed by atoms with Gasteiger partial charge in [-0.3, -0.25) is 4.90 Å². The largest absolute Gasteiger partial charge is 0.301 e. The highest BCUT2D eigenvalue weighted by molar-refractivity contribution is 7.81. The van der Waals surface area contributed by atoms with Crippen LogP contribution in [-0.4, -0.2) is 29.5 Å². The van der Waals surface area contributed by atoms with E-state index in [9.17, 15) is 4.79 Å². The van der Waals surface area contributed by atoms with Crippen molar-refractivity contribution in [2.24, 2.45) is 0 Å². The molecule has 2 nitrogen and oxygen atoms in total. The van der Waals surface area contributed by atoms with Crippen molar-refractivity contribution < 1.29 is 4.79 Å². The third-order valence-corrected chi connectivity index (χ3v) is 3.65. The fourth-order valence-corrected chi connectivity index (χ4v) is 2.62. The zero-order chi connectivity index (χ0) is 11.5. The van der Waals surface area contributed by atoms with Gasteiger partial charge in [0.15, 0.2) is 0 Å². The molecule has 16 heavy (non-hydrogen) atoms. The summed E-state index contributed by atoms with van der Waals surface area (Å²) in [5.74, 6) is 0. The van der Waals surface area contributed by atoms with Crippen molar-refractivity contribution in [2.75, 3.05) is 13.1 Å². The first-order valence-corrected chi connectivity index (χ1v) is 6.17. The highest BCUT2D eigenvalue weighted by Gasteiger charge is 2.27. The van der Waals surface area contributed by atoms with Crippen molar-refractivity contribution in [1.82, 2.24) is 4.90 Å². The lowest BCUT2D eigenvalue weighted by atomic mass is 10.0. The molecule has 2 rings (SSSR count). The van der Waals surface area contributed by atoms with Gasteiger partial charge in [0.1, 0.15) is 6.29 Å². The van der Waals surface area contributed by atoms with Gasteiger partial charge in [0.05, 0.1) is 6.04 Å². The fraction of sp³-hybridized carbons (Fsp3) is 0.462. The molecule has 2 unspecified atom stereocenters. The Hall–Kier alpha value is -0.800. The minimum absolute atomic E-state index is 0.0988. The first-order valence-electron chi connectivity index (χ1n) is 5.65. The molecule has 0 bridgehead atoms. The second kappa shape index (κ2) is 5.02. The Morgan fingerprint density at radius 3 is 2.81 bits per heavy atom. The molecule has 1 aliphatic rings. The molecular weight excluding hydrogens is 218 g/mol. The van der Waals surface area contributed by atoms with Gasteiger partial charge < -0.3 is 4.79 Å². The summed E-state index contributed by atoms with van der Waals surface area (Å²) in [5.41, 5.74) is 2.31.